The second kappa shape index (κ2) is 7.09. The van der Waals surface area contributed by atoms with Crippen molar-refractivity contribution in [2.45, 2.75) is 46.1 Å². The van der Waals surface area contributed by atoms with Crippen LogP contribution in [0.4, 0.5) is 11.4 Å². The van der Waals surface area contributed by atoms with Gasteiger partial charge in [0.05, 0.1) is 23.8 Å². The minimum absolute atomic E-state index is 0.559. The van der Waals surface area contributed by atoms with Crippen molar-refractivity contribution < 1.29 is 0 Å². The van der Waals surface area contributed by atoms with E-state index < -0.39 is 0 Å². The van der Waals surface area contributed by atoms with Gasteiger partial charge in [-0.25, -0.2) is 0 Å². The molecule has 0 aromatic carbocycles. The lowest BCUT2D eigenvalue weighted by molar-refractivity contribution is 0.622. The van der Waals surface area contributed by atoms with Crippen LogP contribution in [0.15, 0.2) is 18.5 Å². The van der Waals surface area contributed by atoms with Crippen molar-refractivity contribution in [2.75, 3.05) is 17.2 Å². The summed E-state index contributed by atoms with van der Waals surface area (Å²) < 4.78 is 0. The number of pyridine rings is 1. The molecule has 0 fully saturated rings. The van der Waals surface area contributed by atoms with Gasteiger partial charge in [-0.3, -0.25) is 4.98 Å². The summed E-state index contributed by atoms with van der Waals surface area (Å²) in [5.41, 5.74) is 2.19. The summed E-state index contributed by atoms with van der Waals surface area (Å²) in [7, 11) is 0. The molecule has 3 nitrogen and oxygen atoms in total. The van der Waals surface area contributed by atoms with Crippen molar-refractivity contribution in [3.63, 3.8) is 0 Å². The van der Waals surface area contributed by atoms with Gasteiger partial charge in [-0.2, -0.15) is 0 Å². The van der Waals surface area contributed by atoms with Crippen LogP contribution in [0.2, 0.25) is 0 Å². The monoisotopic (exact) mass is 221 g/mol. The van der Waals surface area contributed by atoms with Gasteiger partial charge in [-0.05, 0) is 25.8 Å². The second-order valence-electron chi connectivity index (χ2n) is 4.03. The molecule has 1 aromatic rings. The van der Waals surface area contributed by atoms with E-state index in [0.29, 0.717) is 6.04 Å². The van der Waals surface area contributed by atoms with E-state index in [0.717, 1.165) is 24.3 Å². The Morgan fingerprint density at radius 3 is 2.56 bits per heavy atom. The standard InChI is InChI=1S/C13H23N3/c1-4-7-11(5-2)16-13-8-12(15-6-3)9-14-10-13/h8-11,15-16H,4-7H2,1-3H3. The molecule has 0 saturated heterocycles. The van der Waals surface area contributed by atoms with Crippen LogP contribution in [0.5, 0.6) is 0 Å². The van der Waals surface area contributed by atoms with Crippen molar-refractivity contribution in [1.29, 1.82) is 0 Å². The first-order valence-electron chi connectivity index (χ1n) is 6.25. The van der Waals surface area contributed by atoms with Crippen LogP contribution < -0.4 is 10.6 Å². The molecule has 0 aliphatic rings. The zero-order valence-corrected chi connectivity index (χ0v) is 10.6. The molecule has 0 bridgehead atoms. The average Bonchev–Trinajstić information content (AvgIpc) is 2.29. The number of nitrogens with zero attached hydrogens (tertiary/aromatic N) is 1. The molecule has 0 radical (unpaired) electrons. The van der Waals surface area contributed by atoms with Crippen LogP contribution >= 0.6 is 0 Å². The summed E-state index contributed by atoms with van der Waals surface area (Å²) >= 11 is 0. The Labute approximate surface area is 98.7 Å². The van der Waals surface area contributed by atoms with Gasteiger partial charge in [0.2, 0.25) is 0 Å². The van der Waals surface area contributed by atoms with Crippen molar-refractivity contribution in [1.82, 2.24) is 4.98 Å². The van der Waals surface area contributed by atoms with E-state index in [2.05, 4.69) is 42.5 Å². The van der Waals surface area contributed by atoms with Crippen LogP contribution in [0.3, 0.4) is 0 Å². The van der Waals surface area contributed by atoms with Gasteiger partial charge < -0.3 is 10.6 Å². The zero-order chi connectivity index (χ0) is 11.8. The minimum Gasteiger partial charge on any atom is -0.384 e. The lowest BCUT2D eigenvalue weighted by atomic mass is 10.1. The molecule has 0 aliphatic heterocycles. The lowest BCUT2D eigenvalue weighted by Crippen LogP contribution is -2.18. The fourth-order valence-corrected chi connectivity index (χ4v) is 1.78. The molecule has 3 heteroatoms. The summed E-state index contributed by atoms with van der Waals surface area (Å²) in [6.45, 7) is 7.45. The smallest absolute Gasteiger partial charge is 0.0549 e. The normalized spacial score (nSPS) is 12.2. The maximum absolute atomic E-state index is 4.23. The van der Waals surface area contributed by atoms with Gasteiger partial charge in [-0.15, -0.1) is 0 Å². The first-order valence-corrected chi connectivity index (χ1v) is 6.25. The highest BCUT2D eigenvalue weighted by Crippen LogP contribution is 2.16. The maximum Gasteiger partial charge on any atom is 0.0549 e. The lowest BCUT2D eigenvalue weighted by Gasteiger charge is -2.17. The molecule has 0 saturated carbocycles. The number of nitrogens with one attached hydrogen (secondary N) is 2. The third kappa shape index (κ3) is 4.09. The Bertz CT molecular complexity index is 299. The van der Waals surface area contributed by atoms with Gasteiger partial charge in [-0.1, -0.05) is 20.3 Å². The Balaban J connectivity index is 2.60. The summed E-state index contributed by atoms with van der Waals surface area (Å²) in [4.78, 5) is 4.23. The molecule has 1 unspecified atom stereocenters. The first-order chi connectivity index (χ1) is 7.80. The molecule has 1 heterocycles. The van der Waals surface area contributed by atoms with Gasteiger partial charge >= 0.3 is 0 Å². The molecule has 0 spiro atoms. The Kier molecular flexibility index (Phi) is 5.68. The third-order valence-corrected chi connectivity index (χ3v) is 2.62. The van der Waals surface area contributed by atoms with Crippen LogP contribution in [-0.4, -0.2) is 17.6 Å². The Hall–Kier alpha value is -1.25. The fourth-order valence-electron chi connectivity index (χ4n) is 1.78. The predicted molar refractivity (Wildman–Crippen MR) is 71.0 cm³/mol. The average molecular weight is 221 g/mol. The van der Waals surface area contributed by atoms with Crippen molar-refractivity contribution in [3.8, 4) is 0 Å². The largest absolute Gasteiger partial charge is 0.384 e. The fraction of sp³-hybridized carbons (Fsp3) is 0.615. The molecule has 0 amide bonds. The van der Waals surface area contributed by atoms with Gasteiger partial charge in [0.15, 0.2) is 0 Å². The summed E-state index contributed by atoms with van der Waals surface area (Å²) in [5, 5.41) is 6.79. The number of hydrogen-bond acceptors (Lipinski definition) is 3. The number of aromatic nitrogens is 1. The second-order valence-corrected chi connectivity index (χ2v) is 4.03. The maximum atomic E-state index is 4.23. The molecular formula is C13H23N3. The molecule has 90 valence electrons. The van der Waals surface area contributed by atoms with Crippen molar-refractivity contribution in [3.05, 3.63) is 18.5 Å². The highest BCUT2D eigenvalue weighted by atomic mass is 14.9. The van der Waals surface area contributed by atoms with E-state index in [1.807, 2.05) is 12.4 Å². The predicted octanol–water partition coefficient (Wildman–Crippen LogP) is 3.50. The van der Waals surface area contributed by atoms with Crippen LogP contribution in [0.1, 0.15) is 40.0 Å². The summed E-state index contributed by atoms with van der Waals surface area (Å²) in [5.74, 6) is 0. The topological polar surface area (TPSA) is 37.0 Å². The minimum atomic E-state index is 0.559. The van der Waals surface area contributed by atoms with E-state index >= 15 is 0 Å². The van der Waals surface area contributed by atoms with Crippen LogP contribution in [0, 0.1) is 0 Å². The quantitative estimate of drug-likeness (QED) is 0.740. The summed E-state index contributed by atoms with van der Waals surface area (Å²) in [6, 6.07) is 2.68. The van der Waals surface area contributed by atoms with Crippen molar-refractivity contribution >= 4 is 11.4 Å². The van der Waals surface area contributed by atoms with Gasteiger partial charge in [0.1, 0.15) is 0 Å². The van der Waals surface area contributed by atoms with E-state index in [-0.39, 0.29) is 0 Å². The molecule has 1 aromatic heterocycles. The Morgan fingerprint density at radius 2 is 1.94 bits per heavy atom. The summed E-state index contributed by atoms with van der Waals surface area (Å²) in [6.07, 6.45) is 7.32. The zero-order valence-electron chi connectivity index (χ0n) is 10.6. The highest BCUT2D eigenvalue weighted by Gasteiger charge is 2.05. The van der Waals surface area contributed by atoms with E-state index in [9.17, 15) is 0 Å². The SMILES string of the molecule is CCCC(CC)Nc1cncc(NCC)c1. The van der Waals surface area contributed by atoms with Gasteiger partial charge in [0.25, 0.3) is 0 Å². The molecule has 1 atom stereocenters. The van der Waals surface area contributed by atoms with Crippen LogP contribution in [0.25, 0.3) is 0 Å². The number of anilines is 2. The van der Waals surface area contributed by atoms with Crippen LogP contribution in [-0.2, 0) is 0 Å². The molecule has 16 heavy (non-hydrogen) atoms. The molecular weight excluding hydrogens is 198 g/mol. The third-order valence-electron chi connectivity index (χ3n) is 2.62. The number of rotatable bonds is 7. The van der Waals surface area contributed by atoms with E-state index in [4.69, 9.17) is 0 Å². The van der Waals surface area contributed by atoms with Gasteiger partial charge in [0, 0.05) is 12.6 Å². The molecule has 2 N–H and O–H groups in total. The highest BCUT2D eigenvalue weighted by molar-refractivity contribution is 5.54. The molecule has 0 aliphatic carbocycles. The van der Waals surface area contributed by atoms with E-state index in [1.165, 1.54) is 12.8 Å². The first kappa shape index (κ1) is 12.8. The van der Waals surface area contributed by atoms with E-state index in [1.54, 1.807) is 0 Å². The number of hydrogen-bond donors (Lipinski definition) is 2. The Morgan fingerprint density at radius 1 is 1.19 bits per heavy atom. The van der Waals surface area contributed by atoms with Crippen molar-refractivity contribution in [2.24, 2.45) is 0 Å². The molecule has 1 rings (SSSR count).